The van der Waals surface area contributed by atoms with Gasteiger partial charge in [0.15, 0.2) is 0 Å². The molecule has 2 N–H and O–H groups in total. The molecule has 0 bridgehead atoms. The van der Waals surface area contributed by atoms with Crippen molar-refractivity contribution in [3.8, 4) is 6.07 Å². The lowest BCUT2D eigenvalue weighted by Gasteiger charge is -2.17. The molecule has 0 radical (unpaired) electrons. The number of rotatable bonds is 2. The molecule has 0 amide bonds. The molecule has 0 aromatic heterocycles. The van der Waals surface area contributed by atoms with Crippen LogP contribution in [-0.4, -0.2) is 12.7 Å². The number of anilines is 1. The molecule has 1 aliphatic heterocycles. The van der Waals surface area contributed by atoms with E-state index >= 15 is 0 Å². The first-order chi connectivity index (χ1) is 10.0. The third-order valence-electron chi connectivity index (χ3n) is 3.57. The number of hydrogen-bond acceptors (Lipinski definition) is 4. The summed E-state index contributed by atoms with van der Waals surface area (Å²) in [5.74, 6) is 0. The first kappa shape index (κ1) is 13.6. The van der Waals surface area contributed by atoms with Gasteiger partial charge in [0.05, 0.1) is 17.3 Å². The molecule has 0 spiro atoms. The lowest BCUT2D eigenvalue weighted by Crippen LogP contribution is -2.26. The third kappa shape index (κ3) is 2.27. The molecule has 106 valence electrons. The van der Waals surface area contributed by atoms with Crippen LogP contribution in [0.3, 0.4) is 0 Å². The minimum atomic E-state index is -3.66. The highest BCUT2D eigenvalue weighted by Crippen LogP contribution is 2.30. The maximum atomic E-state index is 12.7. The fourth-order valence-electron chi connectivity index (χ4n) is 2.46. The van der Waals surface area contributed by atoms with Gasteiger partial charge in [0.1, 0.15) is 4.90 Å². The molecule has 6 heteroatoms. The van der Waals surface area contributed by atoms with Gasteiger partial charge < -0.3 is 5.73 Å². The van der Waals surface area contributed by atoms with E-state index in [1.54, 1.807) is 0 Å². The van der Waals surface area contributed by atoms with E-state index in [9.17, 15) is 8.42 Å². The highest BCUT2D eigenvalue weighted by Gasteiger charge is 2.31. The van der Waals surface area contributed by atoms with Crippen LogP contribution in [0.15, 0.2) is 47.4 Å². The predicted molar refractivity (Wildman–Crippen MR) is 78.4 cm³/mol. The molecule has 0 unspecified atom stereocenters. The van der Waals surface area contributed by atoms with Gasteiger partial charge in [-0.05, 0) is 29.3 Å². The Hall–Kier alpha value is -2.36. The number of nitrogens with two attached hydrogens (primary N) is 1. The van der Waals surface area contributed by atoms with Gasteiger partial charge in [-0.3, -0.25) is 0 Å². The molecule has 1 aliphatic rings. The minimum Gasteiger partial charge on any atom is -0.398 e. The SMILES string of the molecule is N#Cc1ccc(S(=O)(=O)N2Cc3ccccc3C2)c(N)c1. The van der Waals surface area contributed by atoms with Crippen LogP contribution in [-0.2, 0) is 23.1 Å². The summed E-state index contributed by atoms with van der Waals surface area (Å²) in [6.45, 7) is 0.690. The summed E-state index contributed by atoms with van der Waals surface area (Å²) in [4.78, 5) is 0.0503. The van der Waals surface area contributed by atoms with Crippen LogP contribution in [0.25, 0.3) is 0 Å². The van der Waals surface area contributed by atoms with Gasteiger partial charge in [-0.1, -0.05) is 24.3 Å². The smallest absolute Gasteiger partial charge is 0.245 e. The maximum Gasteiger partial charge on any atom is 0.245 e. The number of sulfonamides is 1. The molecule has 0 saturated carbocycles. The summed E-state index contributed by atoms with van der Waals surface area (Å²) in [6, 6.07) is 13.8. The highest BCUT2D eigenvalue weighted by atomic mass is 32.2. The summed E-state index contributed by atoms with van der Waals surface area (Å²) in [5, 5.41) is 8.82. The lowest BCUT2D eigenvalue weighted by molar-refractivity contribution is 0.432. The summed E-state index contributed by atoms with van der Waals surface area (Å²) < 4.78 is 26.8. The van der Waals surface area contributed by atoms with E-state index in [4.69, 9.17) is 11.0 Å². The summed E-state index contributed by atoms with van der Waals surface area (Å²) in [5.41, 5.74) is 8.26. The van der Waals surface area contributed by atoms with Crippen molar-refractivity contribution in [2.45, 2.75) is 18.0 Å². The fraction of sp³-hybridized carbons (Fsp3) is 0.133. The molecular weight excluding hydrogens is 286 g/mol. The molecule has 0 aliphatic carbocycles. The molecule has 0 saturated heterocycles. The number of nitriles is 1. The second kappa shape index (κ2) is 4.88. The Morgan fingerprint density at radius 2 is 1.71 bits per heavy atom. The largest absolute Gasteiger partial charge is 0.398 e. The van der Waals surface area contributed by atoms with Crippen molar-refractivity contribution in [3.63, 3.8) is 0 Å². The number of benzene rings is 2. The molecule has 2 aromatic rings. The predicted octanol–water partition coefficient (Wildman–Crippen LogP) is 1.84. The first-order valence-electron chi connectivity index (χ1n) is 6.39. The number of fused-ring (bicyclic) bond motifs is 1. The lowest BCUT2D eigenvalue weighted by atomic mass is 10.1. The van der Waals surface area contributed by atoms with Crippen LogP contribution < -0.4 is 5.73 Å². The van der Waals surface area contributed by atoms with Crippen molar-refractivity contribution in [1.29, 1.82) is 5.26 Å². The molecule has 3 rings (SSSR count). The monoisotopic (exact) mass is 299 g/mol. The van der Waals surface area contributed by atoms with Crippen LogP contribution >= 0.6 is 0 Å². The third-order valence-corrected chi connectivity index (χ3v) is 5.43. The van der Waals surface area contributed by atoms with Gasteiger partial charge in [0.25, 0.3) is 0 Å². The van der Waals surface area contributed by atoms with Gasteiger partial charge in [-0.15, -0.1) is 0 Å². The van der Waals surface area contributed by atoms with E-state index in [1.807, 2.05) is 30.3 Å². The fourth-order valence-corrected chi connectivity index (χ4v) is 3.96. The molecule has 1 heterocycles. The Morgan fingerprint density at radius 1 is 1.10 bits per heavy atom. The summed E-state index contributed by atoms with van der Waals surface area (Å²) in [6.07, 6.45) is 0. The van der Waals surface area contributed by atoms with E-state index in [0.717, 1.165) is 11.1 Å². The summed E-state index contributed by atoms with van der Waals surface area (Å²) in [7, 11) is -3.66. The average molecular weight is 299 g/mol. The van der Waals surface area contributed by atoms with Gasteiger partial charge in [-0.2, -0.15) is 9.57 Å². The average Bonchev–Trinajstić information content (AvgIpc) is 2.91. The van der Waals surface area contributed by atoms with Crippen molar-refractivity contribution >= 4 is 15.7 Å². The van der Waals surface area contributed by atoms with Crippen molar-refractivity contribution in [1.82, 2.24) is 4.31 Å². The standard InChI is InChI=1S/C15H13N3O2S/c16-8-11-5-6-15(14(17)7-11)21(19,20)18-9-12-3-1-2-4-13(12)10-18/h1-7H,9-10,17H2. The van der Waals surface area contributed by atoms with Gasteiger partial charge >= 0.3 is 0 Å². The van der Waals surface area contributed by atoms with Crippen LogP contribution in [0, 0.1) is 11.3 Å². The Bertz CT molecular complexity index is 828. The first-order valence-corrected chi connectivity index (χ1v) is 7.83. The van der Waals surface area contributed by atoms with Crippen LogP contribution in [0.4, 0.5) is 5.69 Å². The second-order valence-corrected chi connectivity index (χ2v) is 6.81. The molecule has 21 heavy (non-hydrogen) atoms. The Balaban J connectivity index is 1.98. The van der Waals surface area contributed by atoms with Crippen molar-refractivity contribution in [3.05, 3.63) is 59.2 Å². The Morgan fingerprint density at radius 3 is 2.24 bits per heavy atom. The molecule has 0 fully saturated rings. The zero-order chi connectivity index (χ0) is 15.0. The van der Waals surface area contributed by atoms with E-state index in [0.29, 0.717) is 18.7 Å². The second-order valence-electron chi connectivity index (χ2n) is 4.91. The molecular formula is C15H13N3O2S. The van der Waals surface area contributed by atoms with Gasteiger partial charge in [0.2, 0.25) is 10.0 Å². The normalized spacial score (nSPS) is 14.6. The van der Waals surface area contributed by atoms with E-state index in [2.05, 4.69) is 0 Å². The Labute approximate surface area is 123 Å². The molecule has 2 aromatic carbocycles. The number of nitrogens with zero attached hydrogens (tertiary/aromatic N) is 2. The molecule has 0 atom stereocenters. The van der Waals surface area contributed by atoms with Crippen molar-refractivity contribution in [2.75, 3.05) is 5.73 Å². The van der Waals surface area contributed by atoms with Crippen LogP contribution in [0.2, 0.25) is 0 Å². The molecule has 5 nitrogen and oxygen atoms in total. The van der Waals surface area contributed by atoms with E-state index in [-0.39, 0.29) is 10.6 Å². The highest BCUT2D eigenvalue weighted by molar-refractivity contribution is 7.89. The van der Waals surface area contributed by atoms with Crippen molar-refractivity contribution < 1.29 is 8.42 Å². The topological polar surface area (TPSA) is 87.2 Å². The number of nitrogen functional groups attached to an aromatic ring is 1. The minimum absolute atomic E-state index is 0.0503. The maximum absolute atomic E-state index is 12.7. The van der Waals surface area contributed by atoms with Crippen LogP contribution in [0.1, 0.15) is 16.7 Å². The van der Waals surface area contributed by atoms with E-state index in [1.165, 1.54) is 22.5 Å². The van der Waals surface area contributed by atoms with Gasteiger partial charge in [0, 0.05) is 13.1 Å². The quantitative estimate of drug-likeness (QED) is 0.857. The Kier molecular flexibility index (Phi) is 3.16. The number of hydrogen-bond donors (Lipinski definition) is 1. The van der Waals surface area contributed by atoms with E-state index < -0.39 is 10.0 Å². The summed E-state index contributed by atoms with van der Waals surface area (Å²) >= 11 is 0. The zero-order valence-corrected chi connectivity index (χ0v) is 12.0. The van der Waals surface area contributed by atoms with Gasteiger partial charge in [-0.25, -0.2) is 8.42 Å². The van der Waals surface area contributed by atoms with Crippen LogP contribution in [0.5, 0.6) is 0 Å². The zero-order valence-electron chi connectivity index (χ0n) is 11.2. The van der Waals surface area contributed by atoms with Crippen molar-refractivity contribution in [2.24, 2.45) is 0 Å².